The molecule has 2 aromatic heterocycles. The molecule has 1 unspecified atom stereocenters. The third kappa shape index (κ3) is 4.84. The van der Waals surface area contributed by atoms with Gasteiger partial charge in [0, 0.05) is 49.0 Å². The average molecular weight is 492 g/mol. The predicted molar refractivity (Wildman–Crippen MR) is 143 cm³/mol. The molecule has 2 N–H and O–H groups in total. The van der Waals surface area contributed by atoms with Gasteiger partial charge in [-0.25, -0.2) is 15.0 Å². The predicted octanol–water partition coefficient (Wildman–Crippen LogP) is 3.55. The highest BCUT2D eigenvalue weighted by Crippen LogP contribution is 2.37. The Labute approximate surface area is 216 Å². The molecule has 4 aromatic rings. The highest BCUT2D eigenvalue weighted by atomic mass is 16.1. The van der Waals surface area contributed by atoms with E-state index in [1.807, 2.05) is 31.2 Å². The van der Waals surface area contributed by atoms with Gasteiger partial charge in [-0.3, -0.25) is 9.69 Å². The molecule has 186 valence electrons. The molecular weight excluding hydrogens is 462 g/mol. The zero-order valence-corrected chi connectivity index (χ0v) is 21.1. The molecule has 2 aliphatic rings. The Morgan fingerprint density at radius 2 is 1.95 bits per heavy atom. The number of rotatable bonds is 3. The summed E-state index contributed by atoms with van der Waals surface area (Å²) in [5.41, 5.74) is 7.60. The molecule has 37 heavy (non-hydrogen) atoms. The number of fused-ring (bicyclic) bond motifs is 2. The molecule has 0 bridgehead atoms. The number of aromatic amines is 1. The van der Waals surface area contributed by atoms with Gasteiger partial charge in [-0.15, -0.1) is 0 Å². The fourth-order valence-corrected chi connectivity index (χ4v) is 5.20. The van der Waals surface area contributed by atoms with Crippen molar-refractivity contribution in [2.75, 3.05) is 38.5 Å². The smallest absolute Gasteiger partial charge is 0.255 e. The summed E-state index contributed by atoms with van der Waals surface area (Å²) in [6.07, 6.45) is 5.36. The molecule has 1 aliphatic carbocycles. The van der Waals surface area contributed by atoms with Gasteiger partial charge in [0.05, 0.1) is 12.5 Å². The number of hydrogen-bond donors (Lipinski definition) is 2. The minimum atomic E-state index is -0.144. The van der Waals surface area contributed by atoms with Gasteiger partial charge in [-0.1, -0.05) is 18.1 Å². The number of carbonyl (C=O) groups excluding carboxylic acids is 1. The normalized spacial score (nSPS) is 17.8. The zero-order valence-electron chi connectivity index (χ0n) is 21.1. The summed E-state index contributed by atoms with van der Waals surface area (Å²) >= 11 is 0. The van der Waals surface area contributed by atoms with E-state index < -0.39 is 0 Å². The number of likely N-dealkylation sites (N-methyl/N-ethyl adjacent to an activating group) is 1. The average Bonchev–Trinajstić information content (AvgIpc) is 3.55. The van der Waals surface area contributed by atoms with Crippen LogP contribution in [0.2, 0.25) is 0 Å². The van der Waals surface area contributed by atoms with Crippen molar-refractivity contribution in [2.24, 2.45) is 0 Å². The molecule has 8 nitrogen and oxygen atoms in total. The highest BCUT2D eigenvalue weighted by molar-refractivity contribution is 6.04. The van der Waals surface area contributed by atoms with Gasteiger partial charge >= 0.3 is 0 Å². The van der Waals surface area contributed by atoms with Crippen molar-refractivity contribution in [1.82, 2.24) is 29.7 Å². The molecule has 0 spiro atoms. The number of nitrogens with zero attached hydrogens (tertiary/aromatic N) is 5. The maximum atomic E-state index is 13.1. The molecule has 6 rings (SSSR count). The monoisotopic (exact) mass is 491 g/mol. The van der Waals surface area contributed by atoms with Crippen molar-refractivity contribution in [3.63, 3.8) is 0 Å². The third-order valence-corrected chi connectivity index (χ3v) is 7.39. The van der Waals surface area contributed by atoms with E-state index in [1.165, 1.54) is 11.1 Å². The van der Waals surface area contributed by atoms with Gasteiger partial charge in [-0.05, 0) is 73.7 Å². The van der Waals surface area contributed by atoms with Gasteiger partial charge in [0.25, 0.3) is 5.91 Å². The van der Waals surface area contributed by atoms with Gasteiger partial charge in [0.15, 0.2) is 11.3 Å². The second-order valence-corrected chi connectivity index (χ2v) is 9.87. The van der Waals surface area contributed by atoms with E-state index in [4.69, 9.17) is 0 Å². The van der Waals surface area contributed by atoms with Crippen molar-refractivity contribution in [3.05, 3.63) is 82.4 Å². The number of amides is 1. The van der Waals surface area contributed by atoms with Crippen LogP contribution in [0.3, 0.4) is 0 Å². The Kier molecular flexibility index (Phi) is 6.16. The first-order valence-electron chi connectivity index (χ1n) is 12.7. The van der Waals surface area contributed by atoms with Gasteiger partial charge in [0.2, 0.25) is 0 Å². The summed E-state index contributed by atoms with van der Waals surface area (Å²) in [5.74, 6) is 6.04. The highest BCUT2D eigenvalue weighted by Gasteiger charge is 2.29. The molecule has 1 atom stereocenters. The van der Waals surface area contributed by atoms with Crippen LogP contribution in [0.4, 0.5) is 5.69 Å². The van der Waals surface area contributed by atoms with E-state index in [1.54, 1.807) is 12.5 Å². The van der Waals surface area contributed by atoms with Crippen LogP contribution in [0.1, 0.15) is 50.8 Å². The van der Waals surface area contributed by atoms with Gasteiger partial charge < -0.3 is 15.2 Å². The lowest BCUT2D eigenvalue weighted by Gasteiger charge is -2.36. The van der Waals surface area contributed by atoms with Crippen molar-refractivity contribution >= 4 is 22.9 Å². The number of H-pyrrole nitrogens is 1. The quantitative estimate of drug-likeness (QED) is 0.426. The number of nitrogens with one attached hydrogen (secondary N) is 2. The largest absolute Gasteiger partial charge is 0.328 e. The molecule has 0 saturated carbocycles. The molecule has 2 aromatic carbocycles. The van der Waals surface area contributed by atoms with Crippen LogP contribution in [0.5, 0.6) is 0 Å². The van der Waals surface area contributed by atoms with Crippen LogP contribution >= 0.6 is 0 Å². The number of anilines is 1. The number of aromatic nitrogens is 4. The minimum absolute atomic E-state index is 0.144. The van der Waals surface area contributed by atoms with Crippen molar-refractivity contribution < 1.29 is 4.79 Å². The molecule has 1 aliphatic heterocycles. The molecule has 1 fully saturated rings. The first-order valence-corrected chi connectivity index (χ1v) is 12.7. The summed E-state index contributed by atoms with van der Waals surface area (Å²) in [7, 11) is 2.19. The van der Waals surface area contributed by atoms with E-state index in [9.17, 15) is 4.79 Å². The third-order valence-electron chi connectivity index (χ3n) is 7.39. The van der Waals surface area contributed by atoms with E-state index in [2.05, 4.69) is 66.1 Å². The summed E-state index contributed by atoms with van der Waals surface area (Å²) in [4.78, 5) is 33.8. The Morgan fingerprint density at radius 1 is 1.08 bits per heavy atom. The fraction of sp³-hybridized carbons (Fsp3) is 0.310. The maximum Gasteiger partial charge on any atom is 0.255 e. The lowest BCUT2D eigenvalue weighted by molar-refractivity contribution is 0.102. The zero-order chi connectivity index (χ0) is 25.4. The second-order valence-electron chi connectivity index (χ2n) is 9.87. The lowest BCUT2D eigenvalue weighted by Crippen LogP contribution is -2.45. The number of piperazine rings is 1. The van der Waals surface area contributed by atoms with E-state index in [0.717, 1.165) is 55.8 Å². The summed E-state index contributed by atoms with van der Waals surface area (Å²) in [6, 6.07) is 12.4. The summed E-state index contributed by atoms with van der Waals surface area (Å²) in [6.45, 7) is 6.45. The molecule has 8 heteroatoms. The first-order chi connectivity index (χ1) is 18.0. The van der Waals surface area contributed by atoms with Crippen LogP contribution in [0.25, 0.3) is 11.3 Å². The lowest BCUT2D eigenvalue weighted by atomic mass is 10.0. The molecule has 0 radical (unpaired) electrons. The van der Waals surface area contributed by atoms with E-state index in [0.29, 0.717) is 28.6 Å². The van der Waals surface area contributed by atoms with Crippen LogP contribution in [-0.4, -0.2) is 68.9 Å². The SMILES string of the molecule is Cc1ccc(C(=O)Nc2ccc3c(c2)CCC3N2CCN(C)CC2)cc1C#Cc1cnc2[nH]cnc2n1. The molecule has 3 heterocycles. The van der Waals surface area contributed by atoms with Crippen molar-refractivity contribution in [1.29, 1.82) is 0 Å². The number of benzene rings is 2. The fourth-order valence-electron chi connectivity index (χ4n) is 5.20. The van der Waals surface area contributed by atoms with Gasteiger partial charge in [0.1, 0.15) is 5.69 Å². The molecule has 1 saturated heterocycles. The molecular formula is C29H29N7O. The number of imidazole rings is 1. The van der Waals surface area contributed by atoms with E-state index >= 15 is 0 Å². The van der Waals surface area contributed by atoms with Crippen molar-refractivity contribution in [3.8, 4) is 11.8 Å². The Morgan fingerprint density at radius 3 is 2.81 bits per heavy atom. The Hall–Kier alpha value is -4.06. The second kappa shape index (κ2) is 9.77. The molecule has 1 amide bonds. The van der Waals surface area contributed by atoms with Crippen LogP contribution in [-0.2, 0) is 6.42 Å². The number of aryl methyl sites for hydroxylation is 2. The Bertz CT molecular complexity index is 1540. The standard InChI is InChI=1S/C29H29N7O/c1-19-3-4-22(15-20(19)5-7-24-17-30-27-28(33-24)32-18-31-27)29(37)34-23-8-9-25-21(16-23)6-10-26(25)36-13-11-35(2)12-14-36/h3-4,8-9,15-18,26H,6,10-14H2,1-2H3,(H,34,37)(H,30,31,32,33). The van der Waals surface area contributed by atoms with Gasteiger partial charge in [-0.2, -0.15) is 0 Å². The number of hydrogen-bond acceptors (Lipinski definition) is 6. The van der Waals surface area contributed by atoms with E-state index in [-0.39, 0.29) is 5.91 Å². The maximum absolute atomic E-state index is 13.1. The van der Waals surface area contributed by atoms with Crippen molar-refractivity contribution in [2.45, 2.75) is 25.8 Å². The number of carbonyl (C=O) groups is 1. The van der Waals surface area contributed by atoms with Crippen LogP contribution in [0.15, 0.2) is 48.9 Å². The topological polar surface area (TPSA) is 90.0 Å². The van der Waals surface area contributed by atoms with Crippen LogP contribution in [0, 0.1) is 18.8 Å². The minimum Gasteiger partial charge on any atom is -0.328 e. The van der Waals surface area contributed by atoms with Crippen LogP contribution < -0.4 is 5.32 Å². The first kappa shape index (κ1) is 23.3. The Balaban J connectivity index is 1.17. The summed E-state index contributed by atoms with van der Waals surface area (Å²) < 4.78 is 0. The summed E-state index contributed by atoms with van der Waals surface area (Å²) in [5, 5.41) is 3.08.